The zero-order chi connectivity index (χ0) is 29.9. The number of rotatable bonds is 4. The molecule has 0 radical (unpaired) electrons. The molecule has 2 aromatic rings. The largest absolute Gasteiger partial charge is 0.496 e. The van der Waals surface area contributed by atoms with Gasteiger partial charge in [-0.05, 0) is 20.3 Å². The maximum Gasteiger partial charge on any atom is 0.315 e. The van der Waals surface area contributed by atoms with Gasteiger partial charge in [-0.3, -0.25) is 9.59 Å². The standard InChI is InChI=1S/C32H36O10/c1-31(2)12-14-16(36-6)11-18-21(27(14)38-8)23-22-20-17(39-28(33)24(22)25(23)29(34)40-18)10-15(35-5)13(26(20)37-7)9-19-32(3,4)42-30(31)41-19/h10-11,19,22-25,30H,9,12H2,1-8H3. The van der Waals surface area contributed by atoms with Crippen molar-refractivity contribution in [3.8, 4) is 34.5 Å². The first-order chi connectivity index (χ1) is 19.9. The maximum absolute atomic E-state index is 13.4. The average Bonchev–Trinajstić information content (AvgIpc) is 3.23. The second-order valence-electron chi connectivity index (χ2n) is 13.0. The van der Waals surface area contributed by atoms with Gasteiger partial charge in [0.25, 0.3) is 0 Å². The predicted octanol–water partition coefficient (Wildman–Crippen LogP) is 4.32. The Hall–Kier alpha value is -3.50. The molecule has 4 aliphatic heterocycles. The van der Waals surface area contributed by atoms with Gasteiger partial charge in [0.1, 0.15) is 34.5 Å². The van der Waals surface area contributed by atoms with E-state index in [0.717, 1.165) is 22.3 Å². The SMILES string of the molecule is COc1cc2c3c(OC)c1CC1OC(OC1(C)C)C(C)(C)Cc1c(OC)cc4c(c1OC)C1C(C(=O)O4)C(C(=O)O2)C31. The number of hydrogen-bond acceptors (Lipinski definition) is 10. The number of ether oxygens (including phenoxy) is 8. The van der Waals surface area contributed by atoms with E-state index in [1.807, 2.05) is 13.8 Å². The Labute approximate surface area is 244 Å². The average molecular weight is 581 g/mol. The van der Waals surface area contributed by atoms with Gasteiger partial charge >= 0.3 is 11.9 Å². The van der Waals surface area contributed by atoms with Crippen LogP contribution < -0.4 is 28.4 Å². The van der Waals surface area contributed by atoms with Gasteiger partial charge in [-0.25, -0.2) is 0 Å². The molecule has 10 heteroatoms. The van der Waals surface area contributed by atoms with Gasteiger partial charge < -0.3 is 37.9 Å². The van der Waals surface area contributed by atoms with Crippen molar-refractivity contribution in [2.45, 2.75) is 70.4 Å². The molecule has 42 heavy (non-hydrogen) atoms. The molecule has 6 unspecified atom stereocenters. The molecule has 6 atom stereocenters. The first kappa shape index (κ1) is 27.3. The van der Waals surface area contributed by atoms with E-state index < -0.39 is 52.9 Å². The normalized spacial score (nSPS) is 30.9. The number of benzene rings is 2. The summed E-state index contributed by atoms with van der Waals surface area (Å²) < 4.78 is 48.9. The van der Waals surface area contributed by atoms with Crippen molar-refractivity contribution in [1.82, 2.24) is 0 Å². The van der Waals surface area contributed by atoms with E-state index >= 15 is 0 Å². The number of fused-ring (bicyclic) bond motifs is 5. The summed E-state index contributed by atoms with van der Waals surface area (Å²) in [4.78, 5) is 26.9. The van der Waals surface area contributed by atoms with Crippen LogP contribution in [0.5, 0.6) is 34.5 Å². The number of hydrogen-bond donors (Lipinski definition) is 0. The van der Waals surface area contributed by atoms with Gasteiger partial charge in [0.15, 0.2) is 6.29 Å². The second-order valence-corrected chi connectivity index (χ2v) is 13.0. The third kappa shape index (κ3) is 3.51. The first-order valence-electron chi connectivity index (χ1n) is 14.3. The Bertz CT molecular complexity index is 1520. The molecule has 224 valence electrons. The van der Waals surface area contributed by atoms with Crippen LogP contribution in [0.4, 0.5) is 0 Å². The third-order valence-electron chi connectivity index (χ3n) is 9.85. The Morgan fingerprint density at radius 3 is 1.71 bits per heavy atom. The molecule has 0 N–H and O–H groups in total. The lowest BCUT2D eigenvalue weighted by molar-refractivity contribution is -0.165. The summed E-state index contributed by atoms with van der Waals surface area (Å²) in [5.74, 6) is -0.312. The van der Waals surface area contributed by atoms with Crippen LogP contribution in [0.1, 0.15) is 61.8 Å². The molecule has 4 heterocycles. The quantitative estimate of drug-likeness (QED) is 0.383. The molecule has 1 saturated carbocycles. The molecule has 2 aromatic carbocycles. The smallest absolute Gasteiger partial charge is 0.315 e. The van der Waals surface area contributed by atoms with Crippen molar-refractivity contribution in [3.05, 3.63) is 34.4 Å². The Kier molecular flexibility index (Phi) is 5.86. The lowest BCUT2D eigenvalue weighted by Crippen LogP contribution is -2.57. The van der Waals surface area contributed by atoms with Crippen LogP contribution in [-0.4, -0.2) is 58.4 Å². The summed E-state index contributed by atoms with van der Waals surface area (Å²) in [7, 11) is 6.35. The molecule has 6 bridgehead atoms. The molecule has 5 aliphatic rings. The summed E-state index contributed by atoms with van der Waals surface area (Å²) in [5, 5.41) is 0. The van der Waals surface area contributed by atoms with Gasteiger partial charge in [-0.15, -0.1) is 0 Å². The first-order valence-corrected chi connectivity index (χ1v) is 14.3. The zero-order valence-electron chi connectivity index (χ0n) is 25.1. The minimum atomic E-state index is -0.732. The zero-order valence-corrected chi connectivity index (χ0v) is 25.1. The molecule has 1 aliphatic carbocycles. The van der Waals surface area contributed by atoms with E-state index in [4.69, 9.17) is 37.9 Å². The summed E-state index contributed by atoms with van der Waals surface area (Å²) in [6.45, 7) is 8.22. The molecule has 2 fully saturated rings. The van der Waals surface area contributed by atoms with Crippen molar-refractivity contribution in [2.24, 2.45) is 17.3 Å². The van der Waals surface area contributed by atoms with Crippen LogP contribution in [0.3, 0.4) is 0 Å². The van der Waals surface area contributed by atoms with Crippen LogP contribution >= 0.6 is 0 Å². The van der Waals surface area contributed by atoms with E-state index in [0.29, 0.717) is 47.3 Å². The fourth-order valence-corrected chi connectivity index (χ4v) is 7.79. The molecule has 1 saturated heterocycles. The van der Waals surface area contributed by atoms with Crippen molar-refractivity contribution < 1.29 is 47.5 Å². The fourth-order valence-electron chi connectivity index (χ4n) is 7.79. The van der Waals surface area contributed by atoms with E-state index in [1.54, 1.807) is 40.6 Å². The van der Waals surface area contributed by atoms with Crippen molar-refractivity contribution >= 4 is 11.9 Å². The van der Waals surface area contributed by atoms with Crippen LogP contribution in [-0.2, 0) is 31.9 Å². The molecule has 7 rings (SSSR count). The van der Waals surface area contributed by atoms with E-state index in [1.165, 1.54) is 0 Å². The summed E-state index contributed by atoms with van der Waals surface area (Å²) in [6, 6.07) is 3.49. The van der Waals surface area contributed by atoms with E-state index in [-0.39, 0.29) is 6.10 Å². The predicted molar refractivity (Wildman–Crippen MR) is 148 cm³/mol. The highest BCUT2D eigenvalue weighted by Gasteiger charge is 2.66. The topological polar surface area (TPSA) is 108 Å². The number of methoxy groups -OCH3 is 4. The number of carbonyl (C=O) groups is 2. The van der Waals surface area contributed by atoms with Gasteiger partial charge in [0.2, 0.25) is 0 Å². The lowest BCUT2D eigenvalue weighted by Gasteiger charge is -2.54. The lowest BCUT2D eigenvalue weighted by atomic mass is 9.50. The van der Waals surface area contributed by atoms with Crippen molar-refractivity contribution in [3.63, 3.8) is 0 Å². The molecular formula is C32H36O10. The summed E-state index contributed by atoms with van der Waals surface area (Å²) >= 11 is 0. The Morgan fingerprint density at radius 2 is 1.21 bits per heavy atom. The minimum Gasteiger partial charge on any atom is -0.496 e. The maximum atomic E-state index is 13.4. The minimum absolute atomic E-state index is 0.340. The van der Waals surface area contributed by atoms with Gasteiger partial charge in [-0.2, -0.15) is 0 Å². The highest BCUT2D eigenvalue weighted by Crippen LogP contribution is 2.69. The Morgan fingerprint density at radius 1 is 0.714 bits per heavy atom. The van der Waals surface area contributed by atoms with Gasteiger partial charge in [0, 0.05) is 58.1 Å². The summed E-state index contributed by atoms with van der Waals surface area (Å²) in [6.07, 6.45) is 0.0372. The van der Waals surface area contributed by atoms with Gasteiger partial charge in [-0.1, -0.05) is 13.8 Å². The molecule has 10 nitrogen and oxygen atoms in total. The highest BCUT2D eigenvalue weighted by atomic mass is 16.7. The fraction of sp³-hybridized carbons (Fsp3) is 0.562. The van der Waals surface area contributed by atoms with E-state index in [2.05, 4.69) is 13.8 Å². The molecule has 0 aromatic heterocycles. The highest BCUT2D eigenvalue weighted by molar-refractivity contribution is 5.94. The van der Waals surface area contributed by atoms with Crippen LogP contribution in [0.25, 0.3) is 0 Å². The van der Waals surface area contributed by atoms with Gasteiger partial charge in [0.05, 0.1) is 52.0 Å². The molecule has 0 spiro atoms. The number of carbonyl (C=O) groups excluding carboxylic acids is 2. The van der Waals surface area contributed by atoms with E-state index in [9.17, 15) is 9.59 Å². The number of esters is 2. The van der Waals surface area contributed by atoms with Crippen LogP contribution in [0.2, 0.25) is 0 Å². The molecular weight excluding hydrogens is 544 g/mol. The van der Waals surface area contributed by atoms with Crippen molar-refractivity contribution in [1.29, 1.82) is 0 Å². The molecule has 0 amide bonds. The van der Waals surface area contributed by atoms with Crippen LogP contribution in [0.15, 0.2) is 12.1 Å². The summed E-state index contributed by atoms with van der Waals surface area (Å²) in [5.41, 5.74) is 1.91. The monoisotopic (exact) mass is 580 g/mol. The van der Waals surface area contributed by atoms with Crippen molar-refractivity contribution in [2.75, 3.05) is 28.4 Å². The Balaban J connectivity index is 1.56. The van der Waals surface area contributed by atoms with Crippen LogP contribution in [0, 0.1) is 17.3 Å². The third-order valence-corrected chi connectivity index (χ3v) is 9.85. The second kappa shape index (κ2) is 9.00.